The third-order valence-electron chi connectivity index (χ3n) is 1.75. The number of aliphatic hydroxyl groups excluding tert-OH is 1. The van der Waals surface area contributed by atoms with Crippen molar-refractivity contribution in [2.24, 2.45) is 0 Å². The number of hydrogen-bond donors (Lipinski definition) is 2. The van der Waals surface area contributed by atoms with E-state index in [9.17, 15) is 18.0 Å². The summed E-state index contributed by atoms with van der Waals surface area (Å²) in [6, 6.07) is 6.00. The van der Waals surface area contributed by atoms with Gasteiger partial charge in [-0.2, -0.15) is 13.2 Å². The molecule has 0 bridgehead atoms. The summed E-state index contributed by atoms with van der Waals surface area (Å²) in [6.45, 7) is -0.233. The van der Waals surface area contributed by atoms with E-state index in [0.29, 0.717) is 5.56 Å². The van der Waals surface area contributed by atoms with Crippen LogP contribution in [-0.4, -0.2) is 17.2 Å². The fraction of sp³-hybridized carbons (Fsp3) is 0.300. The van der Waals surface area contributed by atoms with Crippen molar-refractivity contribution in [1.29, 1.82) is 0 Å². The van der Waals surface area contributed by atoms with Crippen LogP contribution >= 0.6 is 0 Å². The normalized spacial score (nSPS) is 11.2. The van der Waals surface area contributed by atoms with Crippen molar-refractivity contribution in [3.63, 3.8) is 0 Å². The van der Waals surface area contributed by atoms with Crippen LogP contribution in [0.4, 0.5) is 18.9 Å². The Morgan fingerprint density at radius 3 is 2.62 bits per heavy atom. The molecule has 0 aliphatic rings. The van der Waals surface area contributed by atoms with E-state index < -0.39 is 18.5 Å². The zero-order chi connectivity index (χ0) is 12.2. The molecule has 6 heteroatoms. The number of alkyl halides is 3. The molecule has 3 nitrogen and oxygen atoms in total. The first-order valence-corrected chi connectivity index (χ1v) is 4.47. The van der Waals surface area contributed by atoms with E-state index in [4.69, 9.17) is 5.11 Å². The van der Waals surface area contributed by atoms with Crippen LogP contribution in [0, 0.1) is 0 Å². The Morgan fingerprint density at radius 1 is 1.38 bits per heavy atom. The SMILES string of the molecule is O=C(CC(F)(F)F)Nc1cccc(CO)c1. The van der Waals surface area contributed by atoms with Gasteiger partial charge in [0.15, 0.2) is 0 Å². The number of carbonyl (C=O) groups excluding carboxylic acids is 1. The summed E-state index contributed by atoms with van der Waals surface area (Å²) in [5.41, 5.74) is 0.755. The third kappa shape index (κ3) is 4.31. The largest absolute Gasteiger partial charge is 0.397 e. The summed E-state index contributed by atoms with van der Waals surface area (Å²) in [5, 5.41) is 10.9. The van der Waals surface area contributed by atoms with Gasteiger partial charge in [-0.15, -0.1) is 0 Å². The second-order valence-corrected chi connectivity index (χ2v) is 3.20. The first-order chi connectivity index (χ1) is 7.40. The van der Waals surface area contributed by atoms with Crippen LogP contribution in [0.5, 0.6) is 0 Å². The topological polar surface area (TPSA) is 49.3 Å². The zero-order valence-electron chi connectivity index (χ0n) is 8.21. The lowest BCUT2D eigenvalue weighted by atomic mass is 10.2. The van der Waals surface area contributed by atoms with Crippen LogP contribution in [0.3, 0.4) is 0 Å². The van der Waals surface area contributed by atoms with Crippen molar-refractivity contribution in [3.8, 4) is 0 Å². The van der Waals surface area contributed by atoms with Gasteiger partial charge >= 0.3 is 6.18 Å². The molecule has 0 aliphatic heterocycles. The average Bonchev–Trinajstić information content (AvgIpc) is 2.15. The fourth-order valence-electron chi connectivity index (χ4n) is 1.13. The predicted octanol–water partition coefficient (Wildman–Crippen LogP) is 2.07. The molecule has 0 fully saturated rings. The highest BCUT2D eigenvalue weighted by Crippen LogP contribution is 2.20. The molecule has 0 radical (unpaired) electrons. The summed E-state index contributed by atoms with van der Waals surface area (Å²) >= 11 is 0. The molecule has 0 heterocycles. The maximum absolute atomic E-state index is 11.9. The first-order valence-electron chi connectivity index (χ1n) is 4.47. The smallest absolute Gasteiger partial charge is 0.392 e. The van der Waals surface area contributed by atoms with Gasteiger partial charge in [0.1, 0.15) is 6.42 Å². The minimum atomic E-state index is -4.52. The fourth-order valence-corrected chi connectivity index (χ4v) is 1.13. The summed E-state index contributed by atoms with van der Waals surface area (Å²) in [6.07, 6.45) is -6.03. The number of halogens is 3. The number of benzene rings is 1. The molecule has 0 saturated heterocycles. The maximum atomic E-state index is 11.9. The Bertz CT molecular complexity index is 377. The molecular formula is C10H10F3NO2. The van der Waals surface area contributed by atoms with Gasteiger partial charge in [-0.25, -0.2) is 0 Å². The minimum absolute atomic E-state index is 0.233. The molecule has 0 aromatic heterocycles. The molecule has 1 aromatic rings. The monoisotopic (exact) mass is 233 g/mol. The highest BCUT2D eigenvalue weighted by Gasteiger charge is 2.31. The molecule has 16 heavy (non-hydrogen) atoms. The van der Waals surface area contributed by atoms with Gasteiger partial charge in [-0.1, -0.05) is 12.1 Å². The second kappa shape index (κ2) is 4.98. The molecule has 1 aromatic carbocycles. The molecule has 88 valence electrons. The zero-order valence-corrected chi connectivity index (χ0v) is 8.21. The van der Waals surface area contributed by atoms with E-state index in [1.165, 1.54) is 18.2 Å². The summed E-state index contributed by atoms with van der Waals surface area (Å²) < 4.78 is 35.6. The molecule has 1 rings (SSSR count). The van der Waals surface area contributed by atoms with Crippen LogP contribution in [-0.2, 0) is 11.4 Å². The number of rotatable bonds is 3. The number of nitrogens with one attached hydrogen (secondary N) is 1. The van der Waals surface area contributed by atoms with E-state index in [-0.39, 0.29) is 12.3 Å². The Morgan fingerprint density at radius 2 is 2.06 bits per heavy atom. The van der Waals surface area contributed by atoms with E-state index in [1.807, 2.05) is 0 Å². The van der Waals surface area contributed by atoms with Crippen molar-refractivity contribution in [2.75, 3.05) is 5.32 Å². The summed E-state index contributed by atoms with van der Waals surface area (Å²) in [4.78, 5) is 10.9. The van der Waals surface area contributed by atoms with Gasteiger partial charge in [0, 0.05) is 5.69 Å². The molecule has 0 saturated carbocycles. The van der Waals surface area contributed by atoms with Crippen molar-refractivity contribution < 1.29 is 23.1 Å². The van der Waals surface area contributed by atoms with Gasteiger partial charge in [0.2, 0.25) is 5.91 Å². The molecule has 0 atom stereocenters. The van der Waals surface area contributed by atoms with Crippen molar-refractivity contribution >= 4 is 11.6 Å². The average molecular weight is 233 g/mol. The maximum Gasteiger partial charge on any atom is 0.397 e. The molecule has 0 aliphatic carbocycles. The Labute approximate surface area is 89.9 Å². The second-order valence-electron chi connectivity index (χ2n) is 3.20. The van der Waals surface area contributed by atoms with Gasteiger partial charge in [0.25, 0.3) is 0 Å². The number of carbonyl (C=O) groups is 1. The van der Waals surface area contributed by atoms with E-state index in [1.54, 1.807) is 6.07 Å². The lowest BCUT2D eigenvalue weighted by Crippen LogP contribution is -2.21. The number of hydrogen-bond acceptors (Lipinski definition) is 2. The van der Waals surface area contributed by atoms with E-state index in [0.717, 1.165) is 0 Å². The van der Waals surface area contributed by atoms with Crippen LogP contribution < -0.4 is 5.32 Å². The van der Waals surface area contributed by atoms with E-state index >= 15 is 0 Å². The summed E-state index contributed by atoms with van der Waals surface area (Å²) in [7, 11) is 0. The minimum Gasteiger partial charge on any atom is -0.392 e. The Hall–Kier alpha value is -1.56. The molecule has 0 unspecified atom stereocenters. The highest BCUT2D eigenvalue weighted by molar-refractivity contribution is 5.91. The van der Waals surface area contributed by atoms with Crippen LogP contribution in [0.1, 0.15) is 12.0 Å². The standard InChI is InChI=1S/C10H10F3NO2/c11-10(12,13)5-9(16)14-8-3-1-2-7(4-8)6-15/h1-4,15H,5-6H2,(H,14,16). The Kier molecular flexibility index (Phi) is 3.89. The van der Waals surface area contributed by atoms with Crippen molar-refractivity contribution in [3.05, 3.63) is 29.8 Å². The van der Waals surface area contributed by atoms with Crippen LogP contribution in [0.2, 0.25) is 0 Å². The van der Waals surface area contributed by atoms with E-state index in [2.05, 4.69) is 5.32 Å². The lowest BCUT2D eigenvalue weighted by molar-refractivity contribution is -0.150. The van der Waals surface area contributed by atoms with Gasteiger partial charge in [-0.05, 0) is 17.7 Å². The number of amides is 1. The molecule has 0 spiro atoms. The predicted molar refractivity (Wildman–Crippen MR) is 51.7 cm³/mol. The first kappa shape index (κ1) is 12.5. The highest BCUT2D eigenvalue weighted by atomic mass is 19.4. The lowest BCUT2D eigenvalue weighted by Gasteiger charge is -2.08. The quantitative estimate of drug-likeness (QED) is 0.839. The summed E-state index contributed by atoms with van der Waals surface area (Å²) in [5.74, 6) is -1.12. The van der Waals surface area contributed by atoms with Gasteiger partial charge in [-0.3, -0.25) is 4.79 Å². The van der Waals surface area contributed by atoms with Gasteiger partial charge < -0.3 is 10.4 Å². The van der Waals surface area contributed by atoms with Gasteiger partial charge in [0.05, 0.1) is 6.61 Å². The molecule has 2 N–H and O–H groups in total. The third-order valence-corrected chi connectivity index (χ3v) is 1.75. The number of aliphatic hydroxyl groups is 1. The van der Waals surface area contributed by atoms with Crippen molar-refractivity contribution in [2.45, 2.75) is 19.2 Å². The molecular weight excluding hydrogens is 223 g/mol. The van der Waals surface area contributed by atoms with Crippen LogP contribution in [0.25, 0.3) is 0 Å². The Balaban J connectivity index is 2.62. The number of anilines is 1. The van der Waals surface area contributed by atoms with Crippen LogP contribution in [0.15, 0.2) is 24.3 Å². The molecule has 1 amide bonds. The van der Waals surface area contributed by atoms with Crippen molar-refractivity contribution in [1.82, 2.24) is 0 Å².